The quantitative estimate of drug-likeness (QED) is 0.548. The third-order valence-electron chi connectivity index (χ3n) is 4.80. The Bertz CT molecular complexity index is 584. The van der Waals surface area contributed by atoms with Crippen LogP contribution in [0.1, 0.15) is 92.3 Å². The summed E-state index contributed by atoms with van der Waals surface area (Å²) in [7, 11) is 0. The van der Waals surface area contributed by atoms with Gasteiger partial charge >= 0.3 is 0 Å². The fourth-order valence-electron chi connectivity index (χ4n) is 3.41. The molecule has 1 aliphatic carbocycles. The monoisotopic (exact) mass is 286 g/mol. The highest BCUT2D eigenvalue weighted by molar-refractivity contribution is 5.33. The molecule has 0 unspecified atom stereocenters. The van der Waals surface area contributed by atoms with Crippen LogP contribution in [0.4, 0.5) is 0 Å². The molecule has 1 nitrogen and oxygen atoms in total. The lowest BCUT2D eigenvalue weighted by atomic mass is 9.77. The van der Waals surface area contributed by atoms with Crippen molar-refractivity contribution in [2.24, 2.45) is 5.92 Å². The van der Waals surface area contributed by atoms with Crippen LogP contribution < -0.4 is 0 Å². The van der Waals surface area contributed by atoms with E-state index >= 15 is 0 Å². The molecule has 1 saturated carbocycles. The van der Waals surface area contributed by atoms with Crippen molar-refractivity contribution < 1.29 is 4.11 Å². The third-order valence-corrected chi connectivity index (χ3v) is 4.80. The van der Waals surface area contributed by atoms with Gasteiger partial charge in [0.2, 0.25) is 0 Å². The SMILES string of the molecule is [2H]c1cc(C#N)c([2H])c([2H])c1C1CCC(CCCCCCC)CC1. The molecule has 21 heavy (non-hydrogen) atoms. The summed E-state index contributed by atoms with van der Waals surface area (Å²) in [6.07, 6.45) is 12.4. The number of nitriles is 1. The largest absolute Gasteiger partial charge is 0.192 e. The lowest BCUT2D eigenvalue weighted by Crippen LogP contribution is -2.13. The van der Waals surface area contributed by atoms with Crippen LogP contribution in [-0.2, 0) is 0 Å². The first-order valence-electron chi connectivity index (χ1n) is 10.1. The van der Waals surface area contributed by atoms with Crippen LogP contribution in [0, 0.1) is 17.2 Å². The van der Waals surface area contributed by atoms with Crippen molar-refractivity contribution in [2.45, 2.75) is 77.0 Å². The molecule has 0 aromatic heterocycles. The number of nitrogens with zero attached hydrogens (tertiary/aromatic N) is 1. The van der Waals surface area contributed by atoms with Crippen LogP contribution >= 0.6 is 0 Å². The summed E-state index contributed by atoms with van der Waals surface area (Å²) in [6.45, 7) is 2.24. The van der Waals surface area contributed by atoms with E-state index in [-0.39, 0.29) is 29.6 Å². The molecule has 2 rings (SSSR count). The highest BCUT2D eigenvalue weighted by Crippen LogP contribution is 2.37. The lowest BCUT2D eigenvalue weighted by Gasteiger charge is -2.29. The van der Waals surface area contributed by atoms with Gasteiger partial charge in [-0.3, -0.25) is 0 Å². The maximum absolute atomic E-state index is 9.00. The first-order chi connectivity index (χ1) is 11.6. The number of benzene rings is 1. The molecule has 0 heterocycles. The highest BCUT2D eigenvalue weighted by atomic mass is 14.3. The molecule has 1 heteroatoms. The van der Waals surface area contributed by atoms with E-state index in [1.807, 2.05) is 6.07 Å². The van der Waals surface area contributed by atoms with Crippen LogP contribution in [0.3, 0.4) is 0 Å². The van der Waals surface area contributed by atoms with Gasteiger partial charge in [0.1, 0.15) is 0 Å². The molecular formula is C20H29N. The maximum Gasteiger partial charge on any atom is 0.0991 e. The number of hydrogen-bond donors (Lipinski definition) is 0. The summed E-state index contributed by atoms with van der Waals surface area (Å²) in [4.78, 5) is 0. The van der Waals surface area contributed by atoms with Crippen molar-refractivity contribution in [1.82, 2.24) is 0 Å². The highest BCUT2D eigenvalue weighted by Gasteiger charge is 2.21. The van der Waals surface area contributed by atoms with Gasteiger partial charge in [-0.25, -0.2) is 0 Å². The van der Waals surface area contributed by atoms with E-state index in [2.05, 4.69) is 6.92 Å². The summed E-state index contributed by atoms with van der Waals surface area (Å²) in [5.74, 6) is 1.01. The zero-order chi connectivity index (χ0) is 17.5. The zero-order valence-electron chi connectivity index (χ0n) is 16.3. The molecule has 0 aliphatic heterocycles. The molecule has 0 N–H and O–H groups in total. The second kappa shape index (κ2) is 8.88. The van der Waals surface area contributed by atoms with Gasteiger partial charge in [-0.1, -0.05) is 57.5 Å². The van der Waals surface area contributed by atoms with Crippen LogP contribution in [0.2, 0.25) is 0 Å². The molecule has 114 valence electrons. The molecular weight excluding hydrogens is 254 g/mol. The van der Waals surface area contributed by atoms with Gasteiger partial charge in [0.15, 0.2) is 0 Å². The van der Waals surface area contributed by atoms with E-state index in [1.54, 1.807) is 0 Å². The van der Waals surface area contributed by atoms with Gasteiger partial charge in [-0.05, 0) is 55.2 Å². The number of rotatable bonds is 7. The third kappa shape index (κ3) is 5.20. The van der Waals surface area contributed by atoms with Crippen molar-refractivity contribution in [3.8, 4) is 6.07 Å². The predicted octanol–water partition coefficient (Wildman–Crippen LogP) is 6.19. The smallest absolute Gasteiger partial charge is 0.0991 e. The van der Waals surface area contributed by atoms with E-state index in [0.717, 1.165) is 18.8 Å². The van der Waals surface area contributed by atoms with E-state index in [0.29, 0.717) is 5.56 Å². The van der Waals surface area contributed by atoms with Gasteiger partial charge < -0.3 is 0 Å². The minimum atomic E-state index is -0.0125. The molecule has 1 aromatic carbocycles. The van der Waals surface area contributed by atoms with Gasteiger partial charge in [-0.2, -0.15) is 5.26 Å². The molecule has 1 fully saturated rings. The van der Waals surface area contributed by atoms with Gasteiger partial charge in [0, 0.05) is 0 Å². The van der Waals surface area contributed by atoms with Gasteiger partial charge in [-0.15, -0.1) is 0 Å². The van der Waals surface area contributed by atoms with Crippen molar-refractivity contribution in [1.29, 1.82) is 5.26 Å². The standard InChI is InChI=1S/C20H29N/c1-2-3-4-5-6-7-17-8-12-19(13-9-17)20-14-10-18(16-21)11-15-20/h10-11,14-15,17,19H,2-9,12-13H2,1H3/i10D,14D,15D. The van der Waals surface area contributed by atoms with Crippen molar-refractivity contribution >= 4 is 0 Å². The topological polar surface area (TPSA) is 23.8 Å². The average molecular weight is 286 g/mol. The summed E-state index contributed by atoms with van der Waals surface area (Å²) in [6, 6.07) is 3.75. The fraction of sp³-hybridized carbons (Fsp3) is 0.650. The van der Waals surface area contributed by atoms with Gasteiger partial charge in [0.25, 0.3) is 0 Å². The molecule has 1 aromatic rings. The molecule has 0 saturated heterocycles. The Balaban J connectivity index is 1.91. The summed E-state index contributed by atoms with van der Waals surface area (Å²) in [5.41, 5.74) is 0.843. The molecule has 1 aliphatic rings. The van der Waals surface area contributed by atoms with Crippen LogP contribution in [0.5, 0.6) is 0 Å². The second-order valence-electron chi connectivity index (χ2n) is 6.40. The molecule has 0 radical (unpaired) electrons. The van der Waals surface area contributed by atoms with Gasteiger partial charge in [0.05, 0.1) is 15.7 Å². The summed E-state index contributed by atoms with van der Waals surface area (Å²) >= 11 is 0. The maximum atomic E-state index is 9.00. The number of unbranched alkanes of at least 4 members (excludes halogenated alkanes) is 4. The van der Waals surface area contributed by atoms with Crippen LogP contribution in [0.15, 0.2) is 24.2 Å². The van der Waals surface area contributed by atoms with Crippen molar-refractivity contribution in [3.05, 3.63) is 35.3 Å². The molecule has 0 bridgehead atoms. The molecule has 0 atom stereocenters. The minimum Gasteiger partial charge on any atom is -0.192 e. The summed E-state index contributed by atoms with van der Waals surface area (Å²) in [5, 5.41) is 9.00. The molecule has 0 amide bonds. The second-order valence-corrected chi connectivity index (χ2v) is 6.40. The minimum absolute atomic E-state index is 0.0125. The Morgan fingerprint density at radius 1 is 1.10 bits per heavy atom. The van der Waals surface area contributed by atoms with Crippen LogP contribution in [0.25, 0.3) is 0 Å². The number of hydrogen-bond acceptors (Lipinski definition) is 1. The predicted molar refractivity (Wildman–Crippen MR) is 89.2 cm³/mol. The first kappa shape index (κ1) is 12.3. The average Bonchev–Trinajstić information content (AvgIpc) is 2.59. The first-order valence-corrected chi connectivity index (χ1v) is 8.59. The zero-order valence-corrected chi connectivity index (χ0v) is 13.3. The van der Waals surface area contributed by atoms with E-state index in [9.17, 15) is 0 Å². The van der Waals surface area contributed by atoms with E-state index < -0.39 is 0 Å². The Morgan fingerprint density at radius 2 is 1.86 bits per heavy atom. The Kier molecular flexibility index (Phi) is 5.19. The summed E-state index contributed by atoms with van der Waals surface area (Å²) < 4.78 is 24.3. The Hall–Kier alpha value is -1.29. The fourth-order valence-corrected chi connectivity index (χ4v) is 3.41. The molecule has 0 spiro atoms. The lowest BCUT2D eigenvalue weighted by molar-refractivity contribution is 0.302. The van der Waals surface area contributed by atoms with Crippen molar-refractivity contribution in [3.63, 3.8) is 0 Å². The normalized spacial score (nSPS) is 23.9. The van der Waals surface area contributed by atoms with E-state index in [4.69, 9.17) is 9.37 Å². The Labute approximate surface area is 134 Å². The van der Waals surface area contributed by atoms with Crippen LogP contribution in [-0.4, -0.2) is 0 Å². The Morgan fingerprint density at radius 3 is 2.57 bits per heavy atom. The van der Waals surface area contributed by atoms with Crippen molar-refractivity contribution in [2.75, 3.05) is 0 Å². The van der Waals surface area contributed by atoms with E-state index in [1.165, 1.54) is 57.4 Å².